The second-order valence-corrected chi connectivity index (χ2v) is 2.52. The molecule has 0 atom stereocenters. The molecule has 0 bridgehead atoms. The molecule has 0 N–H and O–H groups in total. The topological polar surface area (TPSA) is 12.9 Å². The Morgan fingerprint density at radius 2 is 2.17 bits per heavy atom. The summed E-state index contributed by atoms with van der Waals surface area (Å²) < 4.78 is 36.2. The van der Waals surface area contributed by atoms with Gasteiger partial charge in [0.15, 0.2) is 0 Å². The van der Waals surface area contributed by atoms with Gasteiger partial charge in [-0.2, -0.15) is 0 Å². The van der Waals surface area contributed by atoms with Crippen molar-refractivity contribution in [3.63, 3.8) is 0 Å². The molecule has 0 aliphatic rings. The number of aromatic nitrogens is 1. The van der Waals surface area contributed by atoms with Crippen molar-refractivity contribution in [2.75, 3.05) is 0 Å². The highest BCUT2D eigenvalue weighted by Crippen LogP contribution is 2.25. The number of pyridine rings is 1. The first-order valence-corrected chi connectivity index (χ1v) is 3.51. The zero-order valence-electron chi connectivity index (χ0n) is 5.90. The Kier molecular flexibility index (Phi) is 2.92. The highest BCUT2D eigenvalue weighted by Gasteiger charge is 2.13. The molecule has 0 fully saturated rings. The quantitative estimate of drug-likeness (QED) is 0.661. The van der Waals surface area contributed by atoms with E-state index < -0.39 is 18.7 Å². The molecule has 0 aliphatic carbocycles. The first-order chi connectivity index (χ1) is 5.65. The molecule has 0 radical (unpaired) electrons. The monoisotopic (exact) mass is 195 g/mol. The molecule has 1 aromatic rings. The predicted molar refractivity (Wildman–Crippen MR) is 39.0 cm³/mol. The van der Waals surface area contributed by atoms with Crippen LogP contribution in [0.15, 0.2) is 12.3 Å². The third-order valence-electron chi connectivity index (χ3n) is 1.31. The van der Waals surface area contributed by atoms with Crippen LogP contribution < -0.4 is 0 Å². The largest absolute Gasteiger partial charge is 0.266 e. The van der Waals surface area contributed by atoms with E-state index in [2.05, 4.69) is 4.98 Å². The van der Waals surface area contributed by atoms with Crippen molar-refractivity contribution in [3.05, 3.63) is 28.5 Å². The van der Waals surface area contributed by atoms with Crippen molar-refractivity contribution < 1.29 is 13.2 Å². The van der Waals surface area contributed by atoms with Gasteiger partial charge in [-0.05, 0) is 6.07 Å². The summed E-state index contributed by atoms with van der Waals surface area (Å²) in [5.41, 5.74) is -0.318. The highest BCUT2D eigenvalue weighted by molar-refractivity contribution is 6.30. The van der Waals surface area contributed by atoms with Crippen LogP contribution in [0.5, 0.6) is 0 Å². The lowest BCUT2D eigenvalue weighted by Gasteiger charge is -2.02. The van der Waals surface area contributed by atoms with E-state index >= 15 is 0 Å². The number of alkyl halides is 3. The Morgan fingerprint density at radius 1 is 1.50 bits per heavy atom. The molecule has 0 spiro atoms. The summed E-state index contributed by atoms with van der Waals surface area (Å²) in [6, 6.07) is 1.01. The Bertz CT molecular complexity index is 277. The molecule has 1 rings (SSSR count). The normalized spacial score (nSPS) is 10.8. The number of rotatable bonds is 2. The van der Waals surface area contributed by atoms with Gasteiger partial charge in [0.1, 0.15) is 11.8 Å². The van der Waals surface area contributed by atoms with Gasteiger partial charge in [0.2, 0.25) is 0 Å². The van der Waals surface area contributed by atoms with Crippen LogP contribution in [-0.2, 0) is 6.67 Å². The van der Waals surface area contributed by atoms with Crippen molar-refractivity contribution >= 4 is 11.6 Å². The molecule has 5 heteroatoms. The van der Waals surface area contributed by atoms with Gasteiger partial charge in [-0.25, -0.2) is 18.2 Å². The zero-order valence-corrected chi connectivity index (χ0v) is 6.65. The number of nitrogens with zero attached hydrogens (tertiary/aromatic N) is 1. The lowest BCUT2D eigenvalue weighted by molar-refractivity contribution is 0.151. The Labute approximate surface area is 72.2 Å². The number of halogens is 4. The average Bonchev–Trinajstić information content (AvgIpc) is 2.05. The minimum absolute atomic E-state index is 0.106. The summed E-state index contributed by atoms with van der Waals surface area (Å²) in [7, 11) is 0. The van der Waals surface area contributed by atoms with Crippen LogP contribution in [0.3, 0.4) is 0 Å². The minimum Gasteiger partial charge on any atom is -0.246 e. The fraction of sp³-hybridized carbons (Fsp3) is 0.286. The molecule has 0 unspecified atom stereocenters. The molecular formula is C7H5ClF3N. The Morgan fingerprint density at radius 3 is 2.67 bits per heavy atom. The van der Waals surface area contributed by atoms with Crippen molar-refractivity contribution in [1.29, 1.82) is 0 Å². The van der Waals surface area contributed by atoms with Crippen LogP contribution in [0.4, 0.5) is 13.2 Å². The first-order valence-electron chi connectivity index (χ1n) is 3.13. The summed E-state index contributed by atoms with van der Waals surface area (Å²) in [6.45, 7) is -0.816. The summed E-state index contributed by atoms with van der Waals surface area (Å²) in [5.74, 6) is 0. The second kappa shape index (κ2) is 3.76. The van der Waals surface area contributed by atoms with Gasteiger partial charge in [-0.15, -0.1) is 0 Å². The zero-order chi connectivity index (χ0) is 9.14. The van der Waals surface area contributed by atoms with Crippen LogP contribution in [0, 0.1) is 0 Å². The standard InChI is InChI=1S/C7H5ClF3N/c8-6-5(7(10)11)1-4(2-9)3-12-6/h1,3,7H,2H2. The van der Waals surface area contributed by atoms with Crippen molar-refractivity contribution in [1.82, 2.24) is 4.98 Å². The SMILES string of the molecule is FCc1cnc(Cl)c(C(F)F)c1. The third-order valence-corrected chi connectivity index (χ3v) is 1.63. The van der Waals surface area contributed by atoms with E-state index in [0.29, 0.717) is 0 Å². The molecule has 1 aromatic heterocycles. The first kappa shape index (κ1) is 9.32. The van der Waals surface area contributed by atoms with Gasteiger partial charge in [0.05, 0.1) is 5.56 Å². The summed E-state index contributed by atoms with van der Waals surface area (Å²) >= 11 is 5.33. The van der Waals surface area contributed by atoms with Gasteiger partial charge in [0.25, 0.3) is 6.43 Å². The third kappa shape index (κ3) is 1.88. The maximum atomic E-state index is 12.1. The molecule has 0 aromatic carbocycles. The number of hydrogen-bond acceptors (Lipinski definition) is 1. The molecule has 0 amide bonds. The molecule has 0 saturated heterocycles. The van der Waals surface area contributed by atoms with E-state index in [-0.39, 0.29) is 10.7 Å². The van der Waals surface area contributed by atoms with Crippen molar-refractivity contribution in [2.45, 2.75) is 13.1 Å². The maximum absolute atomic E-state index is 12.1. The van der Waals surface area contributed by atoms with Gasteiger partial charge < -0.3 is 0 Å². The molecule has 66 valence electrons. The minimum atomic E-state index is -2.71. The van der Waals surface area contributed by atoms with Crippen LogP contribution in [0.1, 0.15) is 17.6 Å². The van der Waals surface area contributed by atoms with Crippen molar-refractivity contribution in [2.24, 2.45) is 0 Å². The van der Waals surface area contributed by atoms with Crippen LogP contribution >= 0.6 is 11.6 Å². The lowest BCUT2D eigenvalue weighted by atomic mass is 10.2. The van der Waals surface area contributed by atoms with Crippen LogP contribution in [0.2, 0.25) is 5.15 Å². The van der Waals surface area contributed by atoms with E-state index in [1.165, 1.54) is 0 Å². The fourth-order valence-electron chi connectivity index (χ4n) is 0.737. The summed E-state index contributed by atoms with van der Waals surface area (Å²) in [4.78, 5) is 3.42. The Hall–Kier alpha value is -0.770. The van der Waals surface area contributed by atoms with Gasteiger partial charge in [0, 0.05) is 11.8 Å². The van der Waals surface area contributed by atoms with Crippen LogP contribution in [0.25, 0.3) is 0 Å². The predicted octanol–water partition coefficient (Wildman–Crippen LogP) is 3.14. The molecular weight excluding hydrogens is 191 g/mol. The molecule has 12 heavy (non-hydrogen) atoms. The fourth-order valence-corrected chi connectivity index (χ4v) is 0.923. The van der Waals surface area contributed by atoms with E-state index in [0.717, 1.165) is 12.3 Å². The van der Waals surface area contributed by atoms with E-state index in [1.807, 2.05) is 0 Å². The summed E-state index contributed by atoms with van der Waals surface area (Å²) in [5, 5.41) is -0.276. The molecule has 0 aliphatic heterocycles. The molecule has 0 saturated carbocycles. The van der Waals surface area contributed by atoms with Gasteiger partial charge in [-0.3, -0.25) is 0 Å². The maximum Gasteiger partial charge on any atom is 0.266 e. The molecule has 1 heterocycles. The highest BCUT2D eigenvalue weighted by atomic mass is 35.5. The molecule has 1 nitrogen and oxygen atoms in total. The number of hydrogen-bond donors (Lipinski definition) is 0. The van der Waals surface area contributed by atoms with Gasteiger partial charge >= 0.3 is 0 Å². The average molecular weight is 196 g/mol. The summed E-state index contributed by atoms with van der Waals surface area (Å²) in [6.07, 6.45) is -1.58. The van der Waals surface area contributed by atoms with Crippen LogP contribution in [-0.4, -0.2) is 4.98 Å². The lowest BCUT2D eigenvalue weighted by Crippen LogP contribution is -1.91. The smallest absolute Gasteiger partial charge is 0.246 e. The van der Waals surface area contributed by atoms with Crippen molar-refractivity contribution in [3.8, 4) is 0 Å². The van der Waals surface area contributed by atoms with E-state index in [9.17, 15) is 13.2 Å². The van der Waals surface area contributed by atoms with Gasteiger partial charge in [-0.1, -0.05) is 11.6 Å². The second-order valence-electron chi connectivity index (χ2n) is 2.16. The Balaban J connectivity index is 3.08. The van der Waals surface area contributed by atoms with E-state index in [1.54, 1.807) is 0 Å². The van der Waals surface area contributed by atoms with E-state index in [4.69, 9.17) is 11.6 Å².